The first-order valence-corrected chi connectivity index (χ1v) is 10.2. The molecule has 152 valence electrons. The van der Waals surface area contributed by atoms with Crippen LogP contribution >= 0.6 is 11.3 Å². The quantitative estimate of drug-likeness (QED) is 0.495. The van der Waals surface area contributed by atoms with Gasteiger partial charge < -0.3 is 10.1 Å². The van der Waals surface area contributed by atoms with Gasteiger partial charge in [-0.2, -0.15) is 9.78 Å². The maximum atomic E-state index is 12.8. The van der Waals surface area contributed by atoms with Crippen LogP contribution in [-0.2, 0) is 0 Å². The van der Waals surface area contributed by atoms with Crippen LogP contribution in [-0.4, -0.2) is 32.3 Å². The van der Waals surface area contributed by atoms with Gasteiger partial charge in [-0.25, -0.2) is 4.98 Å². The second-order valence-corrected chi connectivity index (χ2v) is 7.37. The molecule has 8 nitrogen and oxygen atoms in total. The molecule has 4 aromatic rings. The third-order valence-corrected chi connectivity index (χ3v) is 5.10. The highest BCUT2D eigenvalue weighted by Crippen LogP contribution is 2.27. The number of aromatic nitrogens is 4. The van der Waals surface area contributed by atoms with Gasteiger partial charge in [0.05, 0.1) is 11.5 Å². The molecule has 0 aliphatic rings. The zero-order valence-electron chi connectivity index (χ0n) is 16.4. The maximum absolute atomic E-state index is 12.8. The summed E-state index contributed by atoms with van der Waals surface area (Å²) in [5.41, 5.74) is 1.38. The van der Waals surface area contributed by atoms with Gasteiger partial charge in [0.15, 0.2) is 0 Å². The van der Waals surface area contributed by atoms with Crippen LogP contribution in [0.5, 0.6) is 5.75 Å². The number of carbonyl (C=O) groups is 1. The van der Waals surface area contributed by atoms with Gasteiger partial charge >= 0.3 is 0 Å². The van der Waals surface area contributed by atoms with E-state index >= 15 is 0 Å². The van der Waals surface area contributed by atoms with Gasteiger partial charge in [-0.1, -0.05) is 6.07 Å². The fraction of sp³-hybridized carbons (Fsp3) is 0.143. The van der Waals surface area contributed by atoms with Crippen LogP contribution in [0.4, 0.5) is 5.82 Å². The van der Waals surface area contributed by atoms with Crippen LogP contribution in [0, 0.1) is 6.92 Å². The molecule has 0 saturated heterocycles. The molecule has 0 spiro atoms. The minimum absolute atomic E-state index is 0.227. The highest BCUT2D eigenvalue weighted by molar-refractivity contribution is 7.13. The Balaban J connectivity index is 1.70. The van der Waals surface area contributed by atoms with E-state index in [0.29, 0.717) is 35.1 Å². The number of anilines is 1. The molecular weight excluding hydrogens is 402 g/mol. The predicted molar refractivity (Wildman–Crippen MR) is 116 cm³/mol. The molecule has 3 heterocycles. The Morgan fingerprint density at radius 3 is 2.70 bits per heavy atom. The number of hydrogen-bond donors (Lipinski definition) is 2. The molecular formula is C21H19N5O3S. The van der Waals surface area contributed by atoms with Crippen molar-refractivity contribution in [3.8, 4) is 22.3 Å². The number of aryl methyl sites for hydroxylation is 1. The Bertz CT molecular complexity index is 1230. The SMILES string of the molecule is CCOc1ccc(C(=O)Nc2cc(-c3cccs3)nn2-c2nc(C)cc(=O)[nH]2)cc1. The van der Waals surface area contributed by atoms with Gasteiger partial charge in [0.2, 0.25) is 5.95 Å². The molecule has 0 saturated carbocycles. The lowest BCUT2D eigenvalue weighted by Crippen LogP contribution is -2.18. The lowest BCUT2D eigenvalue weighted by Gasteiger charge is -2.09. The molecule has 2 N–H and O–H groups in total. The van der Waals surface area contributed by atoms with Gasteiger partial charge in [-0.15, -0.1) is 11.3 Å². The van der Waals surface area contributed by atoms with Gasteiger partial charge in [-0.3, -0.25) is 14.6 Å². The Hall–Kier alpha value is -3.72. The number of H-pyrrole nitrogens is 1. The average molecular weight is 421 g/mol. The van der Waals surface area contributed by atoms with Crippen LogP contribution in [0.15, 0.2) is 58.7 Å². The van der Waals surface area contributed by atoms with E-state index in [-0.39, 0.29) is 17.4 Å². The fourth-order valence-electron chi connectivity index (χ4n) is 2.90. The number of carbonyl (C=O) groups excluding carboxylic acids is 1. The maximum Gasteiger partial charge on any atom is 0.256 e. The number of ether oxygens (including phenoxy) is 1. The molecule has 0 aliphatic heterocycles. The predicted octanol–water partition coefficient (Wildman–Crippen LogP) is 3.64. The number of aromatic amines is 1. The van der Waals surface area contributed by atoms with E-state index in [0.717, 1.165) is 4.88 Å². The van der Waals surface area contributed by atoms with Gasteiger partial charge in [0, 0.05) is 23.4 Å². The molecule has 30 heavy (non-hydrogen) atoms. The van der Waals surface area contributed by atoms with Crippen LogP contribution in [0.25, 0.3) is 16.5 Å². The smallest absolute Gasteiger partial charge is 0.256 e. The summed E-state index contributed by atoms with van der Waals surface area (Å²) >= 11 is 1.53. The van der Waals surface area contributed by atoms with Crippen molar-refractivity contribution in [3.05, 3.63) is 75.5 Å². The number of nitrogens with one attached hydrogen (secondary N) is 2. The van der Waals surface area contributed by atoms with Gasteiger partial charge in [0.25, 0.3) is 11.5 Å². The molecule has 4 rings (SSSR count). The van der Waals surface area contributed by atoms with E-state index in [1.54, 1.807) is 37.3 Å². The minimum atomic E-state index is -0.313. The highest BCUT2D eigenvalue weighted by Gasteiger charge is 2.17. The third kappa shape index (κ3) is 4.15. The summed E-state index contributed by atoms with van der Waals surface area (Å²) in [5.74, 6) is 1.00. The first kappa shape index (κ1) is 19.6. The minimum Gasteiger partial charge on any atom is -0.494 e. The number of hydrogen-bond acceptors (Lipinski definition) is 6. The van der Waals surface area contributed by atoms with E-state index in [2.05, 4.69) is 20.4 Å². The molecule has 0 unspecified atom stereocenters. The highest BCUT2D eigenvalue weighted by atomic mass is 32.1. The van der Waals surface area contributed by atoms with Crippen molar-refractivity contribution >= 4 is 23.1 Å². The summed E-state index contributed by atoms with van der Waals surface area (Å²) < 4.78 is 6.84. The van der Waals surface area contributed by atoms with E-state index in [1.807, 2.05) is 24.4 Å². The molecule has 3 aromatic heterocycles. The van der Waals surface area contributed by atoms with Crippen molar-refractivity contribution in [1.29, 1.82) is 0 Å². The van der Waals surface area contributed by atoms with E-state index in [4.69, 9.17) is 4.74 Å². The first-order chi connectivity index (χ1) is 14.5. The number of benzene rings is 1. The standard InChI is InChI=1S/C21H19N5O3S/c1-3-29-15-8-6-14(7-9-15)20(28)23-18-12-16(17-5-4-10-30-17)25-26(18)21-22-13(2)11-19(27)24-21/h4-12H,3H2,1-2H3,(H,23,28)(H,22,24,27). The molecule has 0 aliphatic carbocycles. The van der Waals surface area contributed by atoms with Crippen molar-refractivity contribution in [1.82, 2.24) is 19.7 Å². The Morgan fingerprint density at radius 1 is 1.23 bits per heavy atom. The van der Waals surface area contributed by atoms with Gasteiger partial charge in [-0.05, 0) is 49.6 Å². The van der Waals surface area contributed by atoms with E-state index < -0.39 is 0 Å². The second kappa shape index (κ2) is 8.34. The summed E-state index contributed by atoms with van der Waals surface area (Å²) in [7, 11) is 0. The summed E-state index contributed by atoms with van der Waals surface area (Å²) in [6, 6.07) is 13.9. The fourth-order valence-corrected chi connectivity index (χ4v) is 3.58. The Morgan fingerprint density at radius 2 is 2.03 bits per heavy atom. The van der Waals surface area contributed by atoms with Crippen LogP contribution in [0.3, 0.4) is 0 Å². The van der Waals surface area contributed by atoms with Crippen molar-refractivity contribution in [3.63, 3.8) is 0 Å². The normalized spacial score (nSPS) is 10.7. The zero-order chi connectivity index (χ0) is 21.1. The summed E-state index contributed by atoms with van der Waals surface area (Å²) in [6.07, 6.45) is 0. The van der Waals surface area contributed by atoms with Crippen molar-refractivity contribution in [2.24, 2.45) is 0 Å². The average Bonchev–Trinajstić information content (AvgIpc) is 3.38. The summed E-state index contributed by atoms with van der Waals surface area (Å²) in [5, 5.41) is 9.36. The molecule has 0 bridgehead atoms. The number of thiophene rings is 1. The molecule has 0 radical (unpaired) electrons. The zero-order valence-corrected chi connectivity index (χ0v) is 17.2. The summed E-state index contributed by atoms with van der Waals surface area (Å²) in [4.78, 5) is 32.7. The largest absolute Gasteiger partial charge is 0.494 e. The van der Waals surface area contributed by atoms with Crippen molar-refractivity contribution in [2.75, 3.05) is 11.9 Å². The number of amides is 1. The van der Waals surface area contributed by atoms with Crippen LogP contribution in [0.1, 0.15) is 23.0 Å². The van der Waals surface area contributed by atoms with E-state index in [1.165, 1.54) is 22.1 Å². The lowest BCUT2D eigenvalue weighted by atomic mass is 10.2. The molecule has 1 aromatic carbocycles. The van der Waals surface area contributed by atoms with Crippen LogP contribution < -0.4 is 15.6 Å². The monoisotopic (exact) mass is 421 g/mol. The second-order valence-electron chi connectivity index (χ2n) is 6.43. The molecule has 0 fully saturated rings. The first-order valence-electron chi connectivity index (χ1n) is 9.30. The summed E-state index contributed by atoms with van der Waals surface area (Å²) in [6.45, 7) is 4.18. The lowest BCUT2D eigenvalue weighted by molar-refractivity contribution is 0.102. The van der Waals surface area contributed by atoms with Gasteiger partial charge in [0.1, 0.15) is 17.3 Å². The number of nitrogens with zero attached hydrogens (tertiary/aromatic N) is 3. The van der Waals surface area contributed by atoms with Crippen molar-refractivity contribution < 1.29 is 9.53 Å². The molecule has 1 amide bonds. The molecule has 9 heteroatoms. The van der Waals surface area contributed by atoms with E-state index in [9.17, 15) is 9.59 Å². The number of rotatable bonds is 6. The molecule has 0 atom stereocenters. The topological polar surface area (TPSA) is 102 Å². The third-order valence-electron chi connectivity index (χ3n) is 4.21. The Labute approximate surface area is 176 Å². The van der Waals surface area contributed by atoms with Crippen LogP contribution in [0.2, 0.25) is 0 Å². The Kier molecular flexibility index (Phi) is 5.44. The van der Waals surface area contributed by atoms with Crippen molar-refractivity contribution in [2.45, 2.75) is 13.8 Å².